The first-order valence-electron chi connectivity index (χ1n) is 12.7. The van der Waals surface area contributed by atoms with Crippen LogP contribution in [0.15, 0.2) is 17.3 Å². The highest BCUT2D eigenvalue weighted by atomic mass is 32.1. The van der Waals surface area contributed by atoms with Gasteiger partial charge in [-0.25, -0.2) is 13.8 Å². The number of nitrogens with zero attached hydrogens (tertiary/aromatic N) is 3. The minimum Gasteiger partial charge on any atom is -0.393 e. The summed E-state index contributed by atoms with van der Waals surface area (Å²) in [6.07, 6.45) is -5.52. The smallest absolute Gasteiger partial charge is 0.393 e. The largest absolute Gasteiger partial charge is 0.408 e. The van der Waals surface area contributed by atoms with E-state index in [0.717, 1.165) is 25.1 Å². The molecule has 2 heterocycles. The number of halogens is 5. The predicted molar refractivity (Wildman–Crippen MR) is 139 cm³/mol. The average molecular weight is 578 g/mol. The first kappa shape index (κ1) is 30.8. The van der Waals surface area contributed by atoms with Gasteiger partial charge >= 0.3 is 6.18 Å². The molecule has 14 heteroatoms. The summed E-state index contributed by atoms with van der Waals surface area (Å²) in [5.41, 5.74) is -1.12. The van der Waals surface area contributed by atoms with Crippen molar-refractivity contribution in [1.29, 1.82) is 0 Å². The zero-order valence-electron chi connectivity index (χ0n) is 21.8. The Labute approximate surface area is 228 Å². The van der Waals surface area contributed by atoms with Gasteiger partial charge in [-0.2, -0.15) is 13.2 Å². The van der Waals surface area contributed by atoms with Crippen LogP contribution < -0.4 is 10.6 Å². The van der Waals surface area contributed by atoms with Crippen molar-refractivity contribution in [2.24, 2.45) is 4.99 Å². The number of hydrogen-bond donors (Lipinski definition) is 3. The van der Waals surface area contributed by atoms with Gasteiger partial charge in [0.1, 0.15) is 11.9 Å². The molecular formula is C25H32F5N5O3S. The Hall–Kier alpha value is -2.74. The maximum atomic E-state index is 14.1. The summed E-state index contributed by atoms with van der Waals surface area (Å²) in [6, 6.07) is -3.13. The number of aliphatic hydroxyl groups is 1. The second-order valence-corrected chi connectivity index (χ2v) is 10.3. The summed E-state index contributed by atoms with van der Waals surface area (Å²) in [6.45, 7) is 4.88. The van der Waals surface area contributed by atoms with Crippen LogP contribution >= 0.6 is 12.2 Å². The minimum absolute atomic E-state index is 0.107. The van der Waals surface area contributed by atoms with Crippen molar-refractivity contribution in [2.75, 3.05) is 11.9 Å². The number of aliphatic imine (C=N–C) groups is 1. The van der Waals surface area contributed by atoms with E-state index >= 15 is 0 Å². The number of nitrogens with one attached hydrogen (secondary N) is 2. The molecule has 2 fully saturated rings. The summed E-state index contributed by atoms with van der Waals surface area (Å²) in [5, 5.41) is 14.3. The van der Waals surface area contributed by atoms with Crippen molar-refractivity contribution in [3.05, 3.63) is 23.4 Å². The maximum absolute atomic E-state index is 14.1. The number of carbonyl (C=O) groups excluding carboxylic acids is 2. The number of aromatic nitrogens is 1. The number of rotatable bonds is 10. The molecule has 3 atom stereocenters. The van der Waals surface area contributed by atoms with E-state index < -0.39 is 54.0 Å². The fraction of sp³-hybridized carbons (Fsp3) is 0.640. The number of aliphatic hydroxyl groups excluding tert-OH is 1. The fourth-order valence-electron chi connectivity index (χ4n) is 4.57. The molecule has 0 bridgehead atoms. The molecule has 1 aromatic heterocycles. The van der Waals surface area contributed by atoms with Crippen molar-refractivity contribution < 1.29 is 36.6 Å². The number of alkyl halides is 5. The first-order valence-corrected chi connectivity index (χ1v) is 13.1. The Balaban J connectivity index is 1.95. The normalized spacial score (nSPS) is 23.3. The fourth-order valence-corrected chi connectivity index (χ4v) is 4.89. The molecular weight excluding hydrogens is 545 g/mol. The maximum Gasteiger partial charge on any atom is 0.408 e. The SMILES string of the molecule is CC[C@@H](Nc1cc(C(F)F)c(C(=S)C(/N=C(\C)C(=O)N[C@H]2C[C@H](O)C2)C(=O)N2CCC[C@@H]2C)cn1)C(F)(F)F. The molecule has 2 aliphatic rings. The summed E-state index contributed by atoms with van der Waals surface area (Å²) in [5.74, 6) is -1.58. The lowest BCUT2D eigenvalue weighted by atomic mass is 9.89. The molecule has 3 N–H and O–H groups in total. The highest BCUT2D eigenvalue weighted by molar-refractivity contribution is 7.81. The molecule has 216 valence electrons. The second kappa shape index (κ2) is 12.6. The Morgan fingerprint density at radius 3 is 2.49 bits per heavy atom. The number of thiocarbonyl (C=S) groups is 1. The molecule has 39 heavy (non-hydrogen) atoms. The standard InChI is InChI=1S/C25H32F5N5O3S/c1-4-18(25(28,29)30)34-19-10-16(22(26)27)17(11-31-19)21(39)20(24(38)35-7-5-6-12(35)2)32-13(3)23(37)33-14-8-15(36)9-14/h10-12,14-15,18,20,22,36H,4-9H2,1-3H3,(H,31,34)(H,33,37)/b32-13+/t12-,14-,15-,18+,20?/m0/s1. The van der Waals surface area contributed by atoms with Gasteiger partial charge in [0.25, 0.3) is 18.2 Å². The monoisotopic (exact) mass is 577 g/mol. The van der Waals surface area contributed by atoms with Crippen molar-refractivity contribution in [1.82, 2.24) is 15.2 Å². The second-order valence-electron chi connectivity index (χ2n) is 9.90. The lowest BCUT2D eigenvalue weighted by Crippen LogP contribution is -2.49. The Morgan fingerprint density at radius 1 is 1.31 bits per heavy atom. The topological polar surface area (TPSA) is 107 Å². The zero-order chi connectivity index (χ0) is 29.1. The van der Waals surface area contributed by atoms with Crippen LogP contribution in [0.5, 0.6) is 0 Å². The van der Waals surface area contributed by atoms with Gasteiger partial charge in [0, 0.05) is 36.0 Å². The van der Waals surface area contributed by atoms with E-state index in [-0.39, 0.29) is 34.6 Å². The highest BCUT2D eigenvalue weighted by Gasteiger charge is 2.39. The summed E-state index contributed by atoms with van der Waals surface area (Å²) in [7, 11) is 0. The van der Waals surface area contributed by atoms with Gasteiger partial charge < -0.3 is 20.6 Å². The molecule has 1 saturated heterocycles. The first-order chi connectivity index (χ1) is 18.2. The van der Waals surface area contributed by atoms with E-state index in [4.69, 9.17) is 12.2 Å². The van der Waals surface area contributed by atoms with E-state index in [1.807, 2.05) is 6.92 Å². The van der Waals surface area contributed by atoms with Gasteiger partial charge in [0.15, 0.2) is 6.04 Å². The number of hydrogen-bond acceptors (Lipinski definition) is 7. The molecule has 2 amide bonds. The number of amides is 2. The zero-order valence-corrected chi connectivity index (χ0v) is 22.6. The molecule has 1 unspecified atom stereocenters. The third-order valence-corrected chi connectivity index (χ3v) is 7.42. The molecule has 0 aromatic carbocycles. The minimum atomic E-state index is -4.62. The van der Waals surface area contributed by atoms with Gasteiger partial charge in [-0.1, -0.05) is 19.1 Å². The van der Waals surface area contributed by atoms with E-state index in [0.29, 0.717) is 19.4 Å². The Morgan fingerprint density at radius 2 is 1.97 bits per heavy atom. The van der Waals surface area contributed by atoms with Crippen LogP contribution in [0.25, 0.3) is 0 Å². The van der Waals surface area contributed by atoms with E-state index in [2.05, 4.69) is 20.6 Å². The van der Waals surface area contributed by atoms with Gasteiger partial charge in [0.2, 0.25) is 0 Å². The molecule has 3 rings (SSSR count). The van der Waals surface area contributed by atoms with E-state index in [9.17, 15) is 36.6 Å². The number of pyridine rings is 1. The molecule has 0 spiro atoms. The molecule has 0 radical (unpaired) electrons. The highest BCUT2D eigenvalue weighted by Crippen LogP contribution is 2.30. The number of likely N-dealkylation sites (tertiary alicyclic amines) is 1. The summed E-state index contributed by atoms with van der Waals surface area (Å²) in [4.78, 5) is 35.5. The van der Waals surface area contributed by atoms with Crippen LogP contribution in [0.4, 0.5) is 27.8 Å². The Bertz CT molecular complexity index is 1110. The number of carbonyl (C=O) groups is 2. The third kappa shape index (κ3) is 7.47. The molecule has 1 aromatic rings. The van der Waals surface area contributed by atoms with E-state index in [1.165, 1.54) is 18.7 Å². The van der Waals surface area contributed by atoms with Crippen molar-refractivity contribution in [2.45, 2.75) is 95.7 Å². The van der Waals surface area contributed by atoms with Crippen molar-refractivity contribution >= 4 is 40.4 Å². The van der Waals surface area contributed by atoms with Gasteiger partial charge in [-0.15, -0.1) is 0 Å². The van der Waals surface area contributed by atoms with Crippen LogP contribution in [0.2, 0.25) is 0 Å². The summed E-state index contributed by atoms with van der Waals surface area (Å²) >= 11 is 5.46. The van der Waals surface area contributed by atoms with Gasteiger partial charge in [0.05, 0.1) is 16.7 Å². The quantitative estimate of drug-likeness (QED) is 0.168. The number of anilines is 1. The Kier molecular flexibility index (Phi) is 9.97. The van der Waals surface area contributed by atoms with Crippen molar-refractivity contribution in [3.63, 3.8) is 0 Å². The third-order valence-electron chi connectivity index (χ3n) is 6.98. The van der Waals surface area contributed by atoms with Crippen LogP contribution in [0.1, 0.15) is 70.4 Å². The lowest BCUT2D eigenvalue weighted by molar-refractivity contribution is -0.143. The van der Waals surface area contributed by atoms with Crippen LogP contribution in [-0.4, -0.2) is 80.4 Å². The molecule has 1 aliphatic carbocycles. The van der Waals surface area contributed by atoms with Crippen molar-refractivity contribution in [3.8, 4) is 0 Å². The predicted octanol–water partition coefficient (Wildman–Crippen LogP) is 3.97. The lowest BCUT2D eigenvalue weighted by Gasteiger charge is -2.32. The molecule has 8 nitrogen and oxygen atoms in total. The molecule has 1 aliphatic heterocycles. The molecule has 1 saturated carbocycles. The van der Waals surface area contributed by atoms with Crippen LogP contribution in [-0.2, 0) is 9.59 Å². The van der Waals surface area contributed by atoms with E-state index in [1.54, 1.807) is 0 Å². The summed E-state index contributed by atoms with van der Waals surface area (Å²) < 4.78 is 67.8. The average Bonchev–Trinajstić information content (AvgIpc) is 3.28. The van der Waals surface area contributed by atoms with Crippen LogP contribution in [0, 0.1) is 0 Å². The van der Waals surface area contributed by atoms with Gasteiger partial charge in [-0.3, -0.25) is 14.6 Å². The van der Waals surface area contributed by atoms with Gasteiger partial charge in [-0.05, 0) is 52.0 Å². The van der Waals surface area contributed by atoms with Crippen LogP contribution in [0.3, 0.4) is 0 Å².